The van der Waals surface area contributed by atoms with Crippen LogP contribution in [0.3, 0.4) is 0 Å². The molecule has 4 heterocycles. The van der Waals surface area contributed by atoms with Gasteiger partial charge in [0.1, 0.15) is 16.7 Å². The van der Waals surface area contributed by atoms with Gasteiger partial charge in [-0.25, -0.2) is 37.2 Å². The molecule has 6 aromatic rings. The van der Waals surface area contributed by atoms with Crippen molar-refractivity contribution in [2.75, 3.05) is 0 Å². The first-order valence-corrected chi connectivity index (χ1v) is 6.92. The average Bonchev–Trinajstić information content (AvgIpc) is 2.99. The molecule has 10 nitrogen and oxygen atoms in total. The monoisotopic (exact) mass is 333 g/mol. The van der Waals surface area contributed by atoms with Gasteiger partial charge in [0, 0.05) is 10.8 Å². The Morgan fingerprint density at radius 1 is 0.760 bits per heavy atom. The van der Waals surface area contributed by atoms with Crippen molar-refractivity contribution in [1.29, 1.82) is 0 Å². The van der Waals surface area contributed by atoms with Crippen LogP contribution in [-0.4, -0.2) is 25.4 Å². The second kappa shape index (κ2) is 4.04. The lowest BCUT2D eigenvalue weighted by molar-refractivity contribution is 0.565. The molecule has 0 unspecified atom stereocenters. The van der Waals surface area contributed by atoms with Crippen LogP contribution in [0, 0.1) is 0 Å². The minimum absolute atomic E-state index is 0.0106. The van der Waals surface area contributed by atoms with Crippen LogP contribution in [0.15, 0.2) is 42.6 Å². The summed E-state index contributed by atoms with van der Waals surface area (Å²) in [5.74, 6) is 0. The molecule has 0 radical (unpaired) electrons. The van der Waals surface area contributed by atoms with E-state index in [0.29, 0.717) is 5.39 Å². The van der Waals surface area contributed by atoms with Gasteiger partial charge in [-0.05, 0) is 6.07 Å². The molecule has 0 atom stereocenters. The molecule has 0 fully saturated rings. The summed E-state index contributed by atoms with van der Waals surface area (Å²) in [4.78, 5) is 66.2. The highest BCUT2D eigenvalue weighted by atomic mass is 16.2. The second-order valence-electron chi connectivity index (χ2n) is 5.35. The quantitative estimate of drug-likeness (QED) is 0.330. The third-order valence-corrected chi connectivity index (χ3v) is 4.35. The number of carbonyl (C=O) groups excluding carboxylic acids is 2. The van der Waals surface area contributed by atoms with Gasteiger partial charge in [-0.15, -0.1) is 0 Å². The van der Waals surface area contributed by atoms with Crippen molar-refractivity contribution in [3.8, 4) is 0 Å². The van der Waals surface area contributed by atoms with E-state index >= 15 is 0 Å². The van der Waals surface area contributed by atoms with Gasteiger partial charge >= 0.3 is 17.1 Å². The van der Waals surface area contributed by atoms with E-state index in [1.54, 1.807) is 12.1 Å². The van der Waals surface area contributed by atoms with E-state index in [-0.39, 0.29) is 33.3 Å². The maximum Gasteiger partial charge on any atom is 0.345 e. The summed E-state index contributed by atoms with van der Waals surface area (Å²) in [6, 6.07) is 4.62. The van der Waals surface area contributed by atoms with Crippen molar-refractivity contribution in [3.63, 3.8) is 0 Å². The van der Waals surface area contributed by atoms with Gasteiger partial charge in [0.15, 0.2) is 0 Å². The number of benzene rings is 2. The SMILES string of the molecule is O=C=Nc1cccc2c1c(N=C=O)c1c3c2n2c(=O)n1c(=O)n3c2=O. The molecule has 0 aliphatic heterocycles. The van der Waals surface area contributed by atoms with Crippen molar-refractivity contribution >= 4 is 50.9 Å². The van der Waals surface area contributed by atoms with Gasteiger partial charge in [-0.2, -0.15) is 9.98 Å². The molecule has 0 aliphatic carbocycles. The van der Waals surface area contributed by atoms with Crippen molar-refractivity contribution in [3.05, 3.63) is 49.7 Å². The molecule has 6 bridgehead atoms. The lowest BCUT2D eigenvalue weighted by atomic mass is 10.0. The van der Waals surface area contributed by atoms with Gasteiger partial charge < -0.3 is 0 Å². The summed E-state index contributed by atoms with van der Waals surface area (Å²) < 4.78 is 2.49. The number of hydrogen-bond acceptors (Lipinski definition) is 7. The summed E-state index contributed by atoms with van der Waals surface area (Å²) >= 11 is 0. The number of nitrogens with zero attached hydrogens (tertiary/aromatic N) is 5. The number of aromatic nitrogens is 3. The first kappa shape index (κ1) is 13.3. The molecule has 25 heavy (non-hydrogen) atoms. The van der Waals surface area contributed by atoms with E-state index < -0.39 is 17.1 Å². The van der Waals surface area contributed by atoms with Crippen molar-refractivity contribution < 1.29 is 9.59 Å². The zero-order chi connectivity index (χ0) is 17.5. The van der Waals surface area contributed by atoms with E-state index in [1.807, 2.05) is 0 Å². The summed E-state index contributed by atoms with van der Waals surface area (Å²) in [6.45, 7) is 0. The van der Waals surface area contributed by atoms with E-state index in [2.05, 4.69) is 9.98 Å². The third kappa shape index (κ3) is 1.23. The van der Waals surface area contributed by atoms with Gasteiger partial charge in [-0.1, -0.05) is 12.1 Å². The van der Waals surface area contributed by atoms with Crippen LogP contribution < -0.4 is 17.1 Å². The lowest BCUT2D eigenvalue weighted by Crippen LogP contribution is -2.42. The molecular weight excluding hydrogens is 330 g/mol. The van der Waals surface area contributed by atoms with Crippen LogP contribution in [0.5, 0.6) is 0 Å². The zero-order valence-corrected chi connectivity index (χ0v) is 12.0. The van der Waals surface area contributed by atoms with Gasteiger partial charge in [-0.3, -0.25) is 0 Å². The third-order valence-electron chi connectivity index (χ3n) is 4.35. The Kier molecular flexibility index (Phi) is 2.15. The number of hydrogen-bond donors (Lipinski definition) is 0. The molecule has 4 aromatic heterocycles. The number of rotatable bonds is 2. The number of isocyanates is 2. The van der Waals surface area contributed by atoms with Crippen molar-refractivity contribution in [1.82, 2.24) is 13.2 Å². The minimum Gasteiger partial charge on any atom is -0.246 e. The Morgan fingerprint density at radius 2 is 1.36 bits per heavy atom. The van der Waals surface area contributed by atoms with E-state index in [9.17, 15) is 24.0 Å². The van der Waals surface area contributed by atoms with E-state index in [4.69, 9.17) is 0 Å². The Morgan fingerprint density at radius 3 is 2.00 bits per heavy atom. The Balaban J connectivity index is 2.36. The second-order valence-corrected chi connectivity index (χ2v) is 5.35. The fourth-order valence-corrected chi connectivity index (χ4v) is 3.52. The van der Waals surface area contributed by atoms with Crippen LogP contribution in [0.2, 0.25) is 0 Å². The highest BCUT2D eigenvalue weighted by Crippen LogP contribution is 2.42. The summed E-state index contributed by atoms with van der Waals surface area (Å²) in [7, 11) is 0. The molecule has 0 spiro atoms. The predicted octanol–water partition coefficient (Wildman–Crippen LogP) is -0.0735. The minimum atomic E-state index is -0.842. The fraction of sp³-hybridized carbons (Fsp3) is 0. The standard InChI is InChI=1S/C15H3N5O5/c21-4-16-7-3-1-2-6-8(7)9(17-5-22)11-12-10(6)18-13(23)19(11)15(25)20(12)14(18)24/h1-3H. The maximum absolute atomic E-state index is 12.5. The molecular formula is C15H3N5O5. The van der Waals surface area contributed by atoms with Crippen LogP contribution in [0.1, 0.15) is 0 Å². The Bertz CT molecular complexity index is 1610. The smallest absolute Gasteiger partial charge is 0.246 e. The summed E-state index contributed by atoms with van der Waals surface area (Å²) in [6.07, 6.45) is 2.78. The van der Waals surface area contributed by atoms with Crippen molar-refractivity contribution in [2.45, 2.75) is 0 Å². The normalized spacial score (nSPS) is 11.7. The Hall–Kier alpha value is -4.13. The maximum atomic E-state index is 12.5. The van der Waals surface area contributed by atoms with Crippen LogP contribution in [0.25, 0.3) is 27.3 Å². The Labute approximate surface area is 134 Å². The van der Waals surface area contributed by atoms with Crippen LogP contribution in [0.4, 0.5) is 11.4 Å². The molecule has 6 rings (SSSR count). The van der Waals surface area contributed by atoms with Crippen LogP contribution >= 0.6 is 0 Å². The molecule has 0 saturated heterocycles. The molecule has 0 aliphatic rings. The first-order chi connectivity index (χ1) is 12.1. The highest BCUT2D eigenvalue weighted by molar-refractivity contribution is 6.22. The lowest BCUT2D eigenvalue weighted by Gasteiger charge is -2.09. The van der Waals surface area contributed by atoms with Gasteiger partial charge in [0.05, 0.1) is 11.2 Å². The van der Waals surface area contributed by atoms with E-state index in [0.717, 1.165) is 13.2 Å². The molecule has 0 saturated carbocycles. The fourth-order valence-electron chi connectivity index (χ4n) is 3.52. The van der Waals surface area contributed by atoms with Crippen LogP contribution in [-0.2, 0) is 9.59 Å². The average molecular weight is 333 g/mol. The summed E-state index contributed by atoms with van der Waals surface area (Å²) in [5.41, 5.74) is -1.99. The largest absolute Gasteiger partial charge is 0.345 e. The number of aliphatic imine (C=N–C) groups is 2. The molecule has 118 valence electrons. The number of fused-ring (bicyclic) bond motifs is 1. The first-order valence-electron chi connectivity index (χ1n) is 6.92. The summed E-state index contributed by atoms with van der Waals surface area (Å²) in [5, 5.41) is 0.595. The predicted molar refractivity (Wildman–Crippen MR) is 84.7 cm³/mol. The topological polar surface area (TPSA) is 123 Å². The molecule has 0 N–H and O–H groups in total. The van der Waals surface area contributed by atoms with Gasteiger partial charge in [0.25, 0.3) is 0 Å². The number of imidazole rings is 2. The highest BCUT2D eigenvalue weighted by Gasteiger charge is 2.31. The van der Waals surface area contributed by atoms with Gasteiger partial charge in [0.2, 0.25) is 12.2 Å². The molecule has 2 aromatic carbocycles. The molecule has 10 heteroatoms. The van der Waals surface area contributed by atoms with Crippen molar-refractivity contribution in [2.24, 2.45) is 9.98 Å². The zero-order valence-electron chi connectivity index (χ0n) is 12.0. The molecule has 0 amide bonds. The van der Waals surface area contributed by atoms with E-state index in [1.165, 1.54) is 18.2 Å².